The number of likely N-dealkylation sites (tertiary alicyclic amines) is 1. The van der Waals surface area contributed by atoms with E-state index in [-0.39, 0.29) is 0 Å². The summed E-state index contributed by atoms with van der Waals surface area (Å²) in [6, 6.07) is 0. The smallest absolute Gasteiger partial charge is 0.0940 e. The third-order valence-corrected chi connectivity index (χ3v) is 3.99. The van der Waals surface area contributed by atoms with Crippen molar-refractivity contribution in [2.24, 2.45) is 5.73 Å². The first-order valence-corrected chi connectivity index (χ1v) is 6.50. The molecule has 0 bridgehead atoms. The summed E-state index contributed by atoms with van der Waals surface area (Å²) in [5.41, 5.74) is 6.83. The molecule has 0 aliphatic carbocycles. The lowest BCUT2D eigenvalue weighted by atomic mass is 9.95. The van der Waals surface area contributed by atoms with Crippen LogP contribution in [0.3, 0.4) is 0 Å². The summed E-state index contributed by atoms with van der Waals surface area (Å²) in [5, 5.41) is 3.42. The first kappa shape index (κ1) is 11.0. The van der Waals surface area contributed by atoms with Crippen LogP contribution in [-0.4, -0.2) is 36.6 Å². The molecule has 3 nitrogen and oxygen atoms in total. The predicted octanol–water partition coefficient (Wildman–Crippen LogP) is 1.45. The lowest BCUT2D eigenvalue weighted by Gasteiger charge is -2.27. The standard InChI is InChI=1S/C11H19N3S/c1-14-6-3-9(4-7-14)10-8-15-11(13-10)2-5-12/h8-9H,2-7,12H2,1H3. The first-order valence-electron chi connectivity index (χ1n) is 5.62. The summed E-state index contributed by atoms with van der Waals surface area (Å²) in [6.45, 7) is 3.11. The highest BCUT2D eigenvalue weighted by Crippen LogP contribution is 2.28. The first-order chi connectivity index (χ1) is 7.29. The summed E-state index contributed by atoms with van der Waals surface area (Å²) < 4.78 is 0. The van der Waals surface area contributed by atoms with Crippen LogP contribution >= 0.6 is 11.3 Å². The van der Waals surface area contributed by atoms with Gasteiger partial charge in [0.05, 0.1) is 10.7 Å². The fourth-order valence-corrected chi connectivity index (χ4v) is 2.95. The Morgan fingerprint density at radius 1 is 1.53 bits per heavy atom. The van der Waals surface area contributed by atoms with E-state index in [4.69, 9.17) is 5.73 Å². The van der Waals surface area contributed by atoms with E-state index in [1.54, 1.807) is 11.3 Å². The maximum Gasteiger partial charge on any atom is 0.0940 e. The quantitative estimate of drug-likeness (QED) is 0.846. The molecule has 0 unspecified atom stereocenters. The monoisotopic (exact) mass is 225 g/mol. The Kier molecular flexibility index (Phi) is 3.72. The highest BCUT2D eigenvalue weighted by Gasteiger charge is 2.20. The molecule has 1 aliphatic heterocycles. The molecule has 1 aromatic heterocycles. The van der Waals surface area contributed by atoms with Crippen LogP contribution in [0.1, 0.15) is 29.5 Å². The van der Waals surface area contributed by atoms with Gasteiger partial charge in [0, 0.05) is 17.7 Å². The van der Waals surface area contributed by atoms with Crippen LogP contribution in [-0.2, 0) is 6.42 Å². The zero-order valence-electron chi connectivity index (χ0n) is 9.28. The average molecular weight is 225 g/mol. The SMILES string of the molecule is CN1CCC(c2csc(CCN)n2)CC1. The minimum absolute atomic E-state index is 0.684. The number of nitrogens with zero attached hydrogens (tertiary/aromatic N) is 2. The highest BCUT2D eigenvalue weighted by molar-refractivity contribution is 7.09. The van der Waals surface area contributed by atoms with E-state index >= 15 is 0 Å². The molecule has 0 spiro atoms. The van der Waals surface area contributed by atoms with E-state index < -0.39 is 0 Å². The summed E-state index contributed by atoms with van der Waals surface area (Å²) in [5.74, 6) is 0.684. The molecule has 1 saturated heterocycles. The molecule has 0 radical (unpaired) electrons. The number of aromatic nitrogens is 1. The molecule has 2 rings (SSSR count). The molecule has 2 N–H and O–H groups in total. The number of nitrogens with two attached hydrogens (primary N) is 1. The number of hydrogen-bond acceptors (Lipinski definition) is 4. The second-order valence-electron chi connectivity index (χ2n) is 4.28. The van der Waals surface area contributed by atoms with Gasteiger partial charge in [0.15, 0.2) is 0 Å². The minimum atomic E-state index is 0.684. The molecule has 84 valence electrons. The third-order valence-electron chi connectivity index (χ3n) is 3.06. The van der Waals surface area contributed by atoms with Crippen molar-refractivity contribution in [1.29, 1.82) is 0 Å². The van der Waals surface area contributed by atoms with Gasteiger partial charge < -0.3 is 10.6 Å². The van der Waals surface area contributed by atoms with Gasteiger partial charge in [-0.3, -0.25) is 0 Å². The molecule has 2 heterocycles. The van der Waals surface area contributed by atoms with E-state index in [1.807, 2.05) is 0 Å². The molecule has 15 heavy (non-hydrogen) atoms. The Labute approximate surface area is 95.3 Å². The van der Waals surface area contributed by atoms with Crippen molar-refractivity contribution < 1.29 is 0 Å². The van der Waals surface area contributed by atoms with Gasteiger partial charge in [-0.25, -0.2) is 4.98 Å². The van der Waals surface area contributed by atoms with Gasteiger partial charge in [-0.2, -0.15) is 0 Å². The second kappa shape index (κ2) is 5.05. The van der Waals surface area contributed by atoms with Crippen molar-refractivity contribution >= 4 is 11.3 Å². The average Bonchev–Trinajstić information content (AvgIpc) is 2.68. The van der Waals surface area contributed by atoms with Gasteiger partial charge in [-0.05, 0) is 39.5 Å². The molecule has 1 fully saturated rings. The van der Waals surface area contributed by atoms with Crippen LogP contribution in [0, 0.1) is 0 Å². The van der Waals surface area contributed by atoms with Gasteiger partial charge in [-0.1, -0.05) is 0 Å². The fraction of sp³-hybridized carbons (Fsp3) is 0.727. The maximum absolute atomic E-state index is 5.53. The molecule has 0 aromatic carbocycles. The molecular formula is C11H19N3S. The molecular weight excluding hydrogens is 206 g/mol. The van der Waals surface area contributed by atoms with Crippen molar-refractivity contribution in [2.45, 2.75) is 25.2 Å². The van der Waals surface area contributed by atoms with Crippen LogP contribution in [0.4, 0.5) is 0 Å². The normalized spacial score (nSPS) is 19.6. The summed E-state index contributed by atoms with van der Waals surface area (Å²) in [6.07, 6.45) is 3.43. The zero-order chi connectivity index (χ0) is 10.7. The topological polar surface area (TPSA) is 42.1 Å². The van der Waals surface area contributed by atoms with E-state index in [1.165, 1.54) is 36.6 Å². The van der Waals surface area contributed by atoms with Crippen molar-refractivity contribution in [3.8, 4) is 0 Å². The van der Waals surface area contributed by atoms with Crippen molar-refractivity contribution in [1.82, 2.24) is 9.88 Å². The van der Waals surface area contributed by atoms with Crippen LogP contribution in [0.5, 0.6) is 0 Å². The van der Waals surface area contributed by atoms with E-state index in [0.717, 1.165) is 6.42 Å². The Morgan fingerprint density at radius 3 is 2.93 bits per heavy atom. The molecule has 4 heteroatoms. The molecule has 0 saturated carbocycles. The van der Waals surface area contributed by atoms with Crippen molar-refractivity contribution in [3.63, 3.8) is 0 Å². The van der Waals surface area contributed by atoms with Crippen molar-refractivity contribution in [2.75, 3.05) is 26.7 Å². The van der Waals surface area contributed by atoms with Crippen LogP contribution in [0.2, 0.25) is 0 Å². The lowest BCUT2D eigenvalue weighted by molar-refractivity contribution is 0.253. The maximum atomic E-state index is 5.53. The molecule has 0 atom stereocenters. The Morgan fingerprint density at radius 2 is 2.27 bits per heavy atom. The molecule has 1 aromatic rings. The van der Waals surface area contributed by atoms with Gasteiger partial charge >= 0.3 is 0 Å². The molecule has 1 aliphatic rings. The molecule has 0 amide bonds. The predicted molar refractivity (Wildman–Crippen MR) is 64.3 cm³/mol. The summed E-state index contributed by atoms with van der Waals surface area (Å²) >= 11 is 1.76. The number of hydrogen-bond donors (Lipinski definition) is 1. The Balaban J connectivity index is 1.96. The van der Waals surface area contributed by atoms with Crippen molar-refractivity contribution in [3.05, 3.63) is 16.1 Å². The number of rotatable bonds is 3. The van der Waals surface area contributed by atoms with Crippen LogP contribution in [0.15, 0.2) is 5.38 Å². The number of piperidine rings is 1. The fourth-order valence-electron chi connectivity index (χ4n) is 2.06. The Hall–Kier alpha value is -0.450. The summed E-state index contributed by atoms with van der Waals surface area (Å²) in [4.78, 5) is 7.06. The van der Waals surface area contributed by atoms with E-state index in [2.05, 4.69) is 22.3 Å². The van der Waals surface area contributed by atoms with Gasteiger partial charge in [-0.15, -0.1) is 11.3 Å². The zero-order valence-corrected chi connectivity index (χ0v) is 10.1. The second-order valence-corrected chi connectivity index (χ2v) is 5.22. The highest BCUT2D eigenvalue weighted by atomic mass is 32.1. The van der Waals surface area contributed by atoms with Crippen LogP contribution in [0.25, 0.3) is 0 Å². The van der Waals surface area contributed by atoms with Crippen LogP contribution < -0.4 is 5.73 Å². The lowest BCUT2D eigenvalue weighted by Crippen LogP contribution is -2.29. The Bertz CT molecular complexity index is 303. The van der Waals surface area contributed by atoms with Gasteiger partial charge in [0.25, 0.3) is 0 Å². The summed E-state index contributed by atoms with van der Waals surface area (Å²) in [7, 11) is 2.19. The minimum Gasteiger partial charge on any atom is -0.330 e. The van der Waals surface area contributed by atoms with Gasteiger partial charge in [0.1, 0.15) is 0 Å². The van der Waals surface area contributed by atoms with Gasteiger partial charge in [0.2, 0.25) is 0 Å². The number of thiazole rings is 1. The van der Waals surface area contributed by atoms with E-state index in [0.29, 0.717) is 12.5 Å². The van der Waals surface area contributed by atoms with E-state index in [9.17, 15) is 0 Å². The third kappa shape index (κ3) is 2.77. The largest absolute Gasteiger partial charge is 0.330 e.